The minimum absolute atomic E-state index is 0.231. The van der Waals surface area contributed by atoms with E-state index in [4.69, 9.17) is 0 Å². The largest absolute Gasteiger partial charge is 0.369 e. The van der Waals surface area contributed by atoms with Crippen molar-refractivity contribution >= 4 is 40.0 Å². The normalized spacial score (nSPS) is 20.1. The summed E-state index contributed by atoms with van der Waals surface area (Å²) in [5.41, 5.74) is 5.23. The number of hydrogen-bond acceptors (Lipinski definition) is 12. The molecule has 3 fully saturated rings. The Kier molecular flexibility index (Phi) is 9.12. The SMILES string of the molecule is CC(C#N)Nc1cc(-n2ncc3cc(C#N)cnc32)ncc1-n1cc(C2CCC(N3CCN(c4ccc(N5CCC(=O)NC5=O)cc4)CC3)CC2)nn1. The number of imide groups is 1. The van der Waals surface area contributed by atoms with E-state index >= 15 is 0 Å². The van der Waals surface area contributed by atoms with Crippen molar-refractivity contribution in [2.24, 2.45) is 0 Å². The van der Waals surface area contributed by atoms with Crippen LogP contribution in [0.2, 0.25) is 0 Å². The van der Waals surface area contributed by atoms with Gasteiger partial charge in [0, 0.05) is 80.1 Å². The fourth-order valence-electron chi connectivity index (χ4n) is 7.58. The molecule has 5 aromatic rings. The summed E-state index contributed by atoms with van der Waals surface area (Å²) < 4.78 is 3.33. The van der Waals surface area contributed by atoms with Gasteiger partial charge in [0.25, 0.3) is 0 Å². The van der Waals surface area contributed by atoms with Crippen LogP contribution < -0.4 is 20.4 Å². The number of aromatic nitrogens is 7. The molecule has 3 aliphatic rings. The summed E-state index contributed by atoms with van der Waals surface area (Å²) in [5, 5.41) is 38.7. The number of rotatable bonds is 8. The topological polar surface area (TPSA) is 190 Å². The molecule has 16 nitrogen and oxygen atoms in total. The van der Waals surface area contributed by atoms with E-state index in [9.17, 15) is 20.1 Å². The number of carbonyl (C=O) groups excluding carboxylic acids is 2. The van der Waals surface area contributed by atoms with Crippen molar-refractivity contribution in [3.63, 3.8) is 0 Å². The number of hydrogen-bond donors (Lipinski definition) is 2. The van der Waals surface area contributed by atoms with Gasteiger partial charge in [-0.1, -0.05) is 5.21 Å². The van der Waals surface area contributed by atoms with Crippen LogP contribution in [0.15, 0.2) is 61.2 Å². The average Bonchev–Trinajstić information content (AvgIpc) is 3.86. The van der Waals surface area contributed by atoms with E-state index in [0.717, 1.165) is 74.3 Å². The van der Waals surface area contributed by atoms with E-state index in [1.165, 1.54) is 6.20 Å². The maximum Gasteiger partial charge on any atom is 0.328 e. The molecule has 2 N–H and O–H groups in total. The molecule has 4 aromatic heterocycles. The highest BCUT2D eigenvalue weighted by Gasteiger charge is 2.31. The van der Waals surface area contributed by atoms with Crippen molar-refractivity contribution < 1.29 is 9.59 Å². The number of urea groups is 1. The molecule has 2 aliphatic heterocycles. The molecule has 6 heterocycles. The second kappa shape index (κ2) is 14.3. The monoisotopic (exact) mass is 710 g/mol. The number of pyridine rings is 2. The molecule has 16 heteroatoms. The molecule has 0 bridgehead atoms. The average molecular weight is 711 g/mol. The number of fused-ring (bicyclic) bond motifs is 1. The second-order valence-electron chi connectivity index (χ2n) is 13.7. The molecule has 2 saturated heterocycles. The van der Waals surface area contributed by atoms with Crippen LogP contribution in [0.5, 0.6) is 0 Å². The van der Waals surface area contributed by atoms with Crippen molar-refractivity contribution in [2.75, 3.05) is 47.8 Å². The van der Waals surface area contributed by atoms with Gasteiger partial charge >= 0.3 is 6.03 Å². The van der Waals surface area contributed by atoms with E-state index in [-0.39, 0.29) is 11.9 Å². The number of piperazine rings is 1. The quantitative estimate of drug-likeness (QED) is 0.237. The molecule has 1 atom stereocenters. The lowest BCUT2D eigenvalue weighted by Gasteiger charge is -2.42. The van der Waals surface area contributed by atoms with E-state index in [2.05, 4.69) is 70.1 Å². The van der Waals surface area contributed by atoms with Crippen molar-refractivity contribution in [3.05, 3.63) is 72.4 Å². The highest BCUT2D eigenvalue weighted by molar-refractivity contribution is 6.05. The second-order valence-corrected chi connectivity index (χ2v) is 13.7. The van der Waals surface area contributed by atoms with Gasteiger partial charge in [0.05, 0.1) is 41.6 Å². The molecular formula is C37H38N14O2. The van der Waals surface area contributed by atoms with Gasteiger partial charge in [-0.2, -0.15) is 20.3 Å². The molecule has 8 rings (SSSR count). The Hall–Kier alpha value is -6.39. The zero-order chi connectivity index (χ0) is 36.5. The standard InChI is InChI=1S/C37H38N14O2/c1-24(18-38)43-31-17-34(51-36-27(21-42-51)16-25(19-39)20-41-36)40-22-33(31)50-23-32(45-46-50)26-2-4-28(5-3-26)47-12-14-48(15-13-47)29-6-8-30(9-7-29)49-11-10-35(52)44-37(49)53/h6-9,16-17,20-24,26,28H,2-5,10-15H2,1H3,(H,40,43)(H,44,52,53). The van der Waals surface area contributed by atoms with E-state index in [1.807, 2.05) is 24.4 Å². The lowest BCUT2D eigenvalue weighted by atomic mass is 9.83. The molecule has 1 unspecified atom stereocenters. The first-order chi connectivity index (χ1) is 25.9. The molecule has 53 heavy (non-hydrogen) atoms. The number of anilines is 3. The van der Waals surface area contributed by atoms with Crippen LogP contribution in [0, 0.1) is 22.7 Å². The number of amides is 3. The summed E-state index contributed by atoms with van der Waals surface area (Å²) in [7, 11) is 0. The Balaban J connectivity index is 0.890. The number of nitrogens with zero attached hydrogens (tertiary/aromatic N) is 12. The number of nitrogens with one attached hydrogen (secondary N) is 2. The van der Waals surface area contributed by atoms with Crippen LogP contribution in [0.4, 0.5) is 21.9 Å². The van der Waals surface area contributed by atoms with Crippen molar-refractivity contribution in [1.82, 2.24) is 45.0 Å². The Morgan fingerprint density at radius 2 is 1.70 bits per heavy atom. The minimum atomic E-state index is -0.474. The summed E-state index contributed by atoms with van der Waals surface area (Å²) >= 11 is 0. The van der Waals surface area contributed by atoms with Gasteiger partial charge in [0.2, 0.25) is 5.91 Å². The highest BCUT2D eigenvalue weighted by atomic mass is 16.2. The number of benzene rings is 1. The minimum Gasteiger partial charge on any atom is -0.369 e. The fourth-order valence-corrected chi connectivity index (χ4v) is 7.58. The molecule has 1 aromatic carbocycles. The summed E-state index contributed by atoms with van der Waals surface area (Å²) in [6.07, 6.45) is 11.4. The summed E-state index contributed by atoms with van der Waals surface area (Å²) in [4.78, 5) is 39.4. The van der Waals surface area contributed by atoms with Crippen LogP contribution in [0.25, 0.3) is 22.5 Å². The molecule has 0 spiro atoms. The van der Waals surface area contributed by atoms with Crippen LogP contribution in [0.1, 0.15) is 56.2 Å². The van der Waals surface area contributed by atoms with E-state index in [0.29, 0.717) is 53.3 Å². The van der Waals surface area contributed by atoms with Gasteiger partial charge in [-0.25, -0.2) is 19.4 Å². The van der Waals surface area contributed by atoms with Gasteiger partial charge in [-0.05, 0) is 62.9 Å². The Morgan fingerprint density at radius 3 is 2.43 bits per heavy atom. The molecule has 1 saturated carbocycles. The molecular weight excluding hydrogens is 673 g/mol. The predicted octanol–water partition coefficient (Wildman–Crippen LogP) is 3.89. The van der Waals surface area contributed by atoms with Crippen LogP contribution in [0.3, 0.4) is 0 Å². The first kappa shape index (κ1) is 33.7. The van der Waals surface area contributed by atoms with Crippen molar-refractivity contribution in [1.29, 1.82) is 10.5 Å². The predicted molar refractivity (Wildman–Crippen MR) is 196 cm³/mol. The van der Waals surface area contributed by atoms with Gasteiger partial charge in [0.1, 0.15) is 17.8 Å². The Bertz CT molecular complexity index is 2230. The third kappa shape index (κ3) is 6.84. The highest BCUT2D eigenvalue weighted by Crippen LogP contribution is 2.35. The van der Waals surface area contributed by atoms with Gasteiger partial charge in [-0.3, -0.25) is 19.9 Å². The third-order valence-electron chi connectivity index (χ3n) is 10.5. The molecule has 3 amide bonds. The number of nitriles is 2. The van der Waals surface area contributed by atoms with Gasteiger partial charge < -0.3 is 10.2 Å². The molecule has 1 aliphatic carbocycles. The first-order valence-corrected chi connectivity index (χ1v) is 17.9. The summed E-state index contributed by atoms with van der Waals surface area (Å²) in [5.74, 6) is 0.584. The smallest absolute Gasteiger partial charge is 0.328 e. The Morgan fingerprint density at radius 1 is 0.925 bits per heavy atom. The van der Waals surface area contributed by atoms with Gasteiger partial charge in [-0.15, -0.1) is 5.10 Å². The summed E-state index contributed by atoms with van der Waals surface area (Å²) in [6, 6.07) is 15.6. The van der Waals surface area contributed by atoms with E-state index in [1.54, 1.807) is 39.6 Å². The zero-order valence-corrected chi connectivity index (χ0v) is 29.3. The maximum absolute atomic E-state index is 12.2. The first-order valence-electron chi connectivity index (χ1n) is 17.9. The lowest BCUT2D eigenvalue weighted by molar-refractivity contribution is -0.120. The van der Waals surface area contributed by atoms with Crippen LogP contribution >= 0.6 is 0 Å². The molecule has 268 valence electrons. The van der Waals surface area contributed by atoms with Crippen molar-refractivity contribution in [2.45, 2.75) is 57.0 Å². The fraction of sp³-hybridized carbons (Fsp3) is 0.378. The maximum atomic E-state index is 12.2. The molecule has 0 radical (unpaired) electrons. The van der Waals surface area contributed by atoms with Crippen molar-refractivity contribution in [3.8, 4) is 23.6 Å². The zero-order valence-electron chi connectivity index (χ0n) is 29.3. The third-order valence-corrected chi connectivity index (χ3v) is 10.5. The van der Waals surface area contributed by atoms with Gasteiger partial charge in [0.15, 0.2) is 11.5 Å². The lowest BCUT2D eigenvalue weighted by Crippen LogP contribution is -2.51. The number of carbonyl (C=O) groups is 2. The summed E-state index contributed by atoms with van der Waals surface area (Å²) in [6.45, 7) is 6.05. The van der Waals surface area contributed by atoms with Crippen LogP contribution in [-0.4, -0.2) is 96.4 Å². The van der Waals surface area contributed by atoms with Crippen LogP contribution in [-0.2, 0) is 4.79 Å². The van der Waals surface area contributed by atoms with E-state index < -0.39 is 6.04 Å². The Labute approximate surface area is 305 Å².